The van der Waals surface area contributed by atoms with Crippen LogP contribution < -0.4 is 11.1 Å². The largest absolute Gasteiger partial charge is 0.328 e. The van der Waals surface area contributed by atoms with Crippen molar-refractivity contribution in [2.24, 2.45) is 11.7 Å². The number of nitrogens with one attached hydrogen (secondary N) is 1. The van der Waals surface area contributed by atoms with Gasteiger partial charge in [-0.15, -0.1) is 12.4 Å². The molecule has 1 heterocycles. The Bertz CT molecular complexity index is 491. The maximum absolute atomic E-state index is 12.0. The number of anilines is 1. The Morgan fingerprint density at radius 1 is 1.45 bits per heavy atom. The molecule has 0 aliphatic carbocycles. The zero-order valence-corrected chi connectivity index (χ0v) is 14.8. The molecule has 1 aromatic carbocycles. The van der Waals surface area contributed by atoms with Crippen LogP contribution in [-0.4, -0.2) is 36.5 Å². The maximum atomic E-state index is 12.0. The van der Waals surface area contributed by atoms with Gasteiger partial charge < -0.3 is 16.0 Å². The van der Waals surface area contributed by atoms with Crippen molar-refractivity contribution < 1.29 is 4.79 Å². The molecule has 0 aromatic heterocycles. The monoisotopic (exact) mass is 365 g/mol. The summed E-state index contributed by atoms with van der Waals surface area (Å²) in [5.74, 6) is 0.459. The number of carbonyl (C=O) groups excluding carboxylic acids is 1. The molecule has 1 aliphatic heterocycles. The molecule has 4 nitrogen and oxygen atoms in total. The Kier molecular flexibility index (Phi) is 7.94. The minimum atomic E-state index is -0.0748. The Labute approximate surface area is 147 Å². The summed E-state index contributed by atoms with van der Waals surface area (Å²) in [5.41, 5.74) is 6.40. The van der Waals surface area contributed by atoms with Gasteiger partial charge in [-0.3, -0.25) is 4.79 Å². The number of carbonyl (C=O) groups is 1. The van der Waals surface area contributed by atoms with Crippen molar-refractivity contribution >= 4 is 47.2 Å². The molecule has 7 heteroatoms. The SMILES string of the molecule is CC(N)C1CCN(CCC(=O)Nc2c(Cl)cccc2Cl)C1.Cl. The molecule has 22 heavy (non-hydrogen) atoms. The summed E-state index contributed by atoms with van der Waals surface area (Å²) >= 11 is 12.1. The molecular weight excluding hydrogens is 345 g/mol. The summed E-state index contributed by atoms with van der Waals surface area (Å²) in [5, 5.41) is 3.69. The fourth-order valence-electron chi connectivity index (χ4n) is 2.57. The number of likely N-dealkylation sites (tertiary alicyclic amines) is 1. The molecule has 1 aliphatic rings. The van der Waals surface area contributed by atoms with Crippen molar-refractivity contribution in [3.8, 4) is 0 Å². The van der Waals surface area contributed by atoms with Crippen LogP contribution in [0, 0.1) is 5.92 Å². The molecule has 1 aromatic rings. The summed E-state index contributed by atoms with van der Waals surface area (Å²) in [6, 6.07) is 5.37. The van der Waals surface area contributed by atoms with Gasteiger partial charge in [0.05, 0.1) is 15.7 Å². The second kappa shape index (κ2) is 8.94. The lowest BCUT2D eigenvalue weighted by Gasteiger charge is -2.17. The van der Waals surface area contributed by atoms with E-state index in [0.29, 0.717) is 28.1 Å². The van der Waals surface area contributed by atoms with Crippen molar-refractivity contribution in [1.82, 2.24) is 4.90 Å². The van der Waals surface area contributed by atoms with Gasteiger partial charge in [-0.2, -0.15) is 0 Å². The molecule has 2 atom stereocenters. The molecular formula is C15H22Cl3N3O. The molecule has 1 fully saturated rings. The van der Waals surface area contributed by atoms with E-state index in [9.17, 15) is 4.79 Å². The molecule has 0 saturated carbocycles. The summed E-state index contributed by atoms with van der Waals surface area (Å²) < 4.78 is 0. The predicted octanol–water partition coefficient (Wildman–Crippen LogP) is 3.41. The highest BCUT2D eigenvalue weighted by molar-refractivity contribution is 6.39. The van der Waals surface area contributed by atoms with Crippen molar-refractivity contribution in [2.75, 3.05) is 25.0 Å². The average Bonchev–Trinajstić information content (AvgIpc) is 2.90. The standard InChI is InChI=1S/C15H21Cl2N3O.ClH/c1-10(18)11-5-7-20(9-11)8-6-14(21)19-15-12(16)3-2-4-13(15)17;/h2-4,10-11H,5-9,18H2,1H3,(H,19,21);1H. The highest BCUT2D eigenvalue weighted by Crippen LogP contribution is 2.29. The molecule has 3 N–H and O–H groups in total. The van der Waals surface area contributed by atoms with Crippen LogP contribution in [-0.2, 0) is 4.79 Å². The van der Waals surface area contributed by atoms with Gasteiger partial charge in [0.2, 0.25) is 5.91 Å². The molecule has 0 spiro atoms. The van der Waals surface area contributed by atoms with Gasteiger partial charge in [0.25, 0.3) is 0 Å². The van der Waals surface area contributed by atoms with Gasteiger partial charge in [0, 0.05) is 25.6 Å². The van der Waals surface area contributed by atoms with E-state index in [4.69, 9.17) is 28.9 Å². The van der Waals surface area contributed by atoms with Crippen LogP contribution in [0.5, 0.6) is 0 Å². The Hall–Kier alpha value is -0.520. The number of hydrogen-bond donors (Lipinski definition) is 2. The third-order valence-corrected chi connectivity index (χ3v) is 4.56. The van der Waals surface area contributed by atoms with Gasteiger partial charge in [-0.25, -0.2) is 0 Å². The molecule has 0 radical (unpaired) electrons. The fraction of sp³-hybridized carbons (Fsp3) is 0.533. The van der Waals surface area contributed by atoms with E-state index in [1.807, 2.05) is 6.92 Å². The lowest BCUT2D eigenvalue weighted by Crippen LogP contribution is -2.31. The van der Waals surface area contributed by atoms with Gasteiger partial charge in [0.15, 0.2) is 0 Å². The first-order valence-corrected chi connectivity index (χ1v) is 7.94. The second-order valence-electron chi connectivity index (χ2n) is 5.60. The molecule has 0 bridgehead atoms. The van der Waals surface area contributed by atoms with Crippen molar-refractivity contribution in [3.63, 3.8) is 0 Å². The quantitative estimate of drug-likeness (QED) is 0.839. The number of benzene rings is 1. The van der Waals surface area contributed by atoms with Crippen LogP contribution in [0.1, 0.15) is 19.8 Å². The number of hydrogen-bond acceptors (Lipinski definition) is 3. The lowest BCUT2D eigenvalue weighted by atomic mass is 10.0. The van der Waals surface area contributed by atoms with Gasteiger partial charge in [0.1, 0.15) is 0 Å². The van der Waals surface area contributed by atoms with E-state index in [0.717, 1.165) is 26.1 Å². The number of nitrogens with two attached hydrogens (primary N) is 1. The third-order valence-electron chi connectivity index (χ3n) is 3.93. The zero-order valence-electron chi connectivity index (χ0n) is 12.5. The normalized spacial score (nSPS) is 19.5. The summed E-state index contributed by atoms with van der Waals surface area (Å²) in [6.45, 7) is 4.75. The van der Waals surface area contributed by atoms with Crippen LogP contribution in [0.15, 0.2) is 18.2 Å². The van der Waals surface area contributed by atoms with Gasteiger partial charge >= 0.3 is 0 Å². The summed E-state index contributed by atoms with van der Waals surface area (Å²) in [7, 11) is 0. The maximum Gasteiger partial charge on any atom is 0.225 e. The number of rotatable bonds is 5. The van der Waals surface area contributed by atoms with Crippen molar-refractivity contribution in [1.29, 1.82) is 0 Å². The Morgan fingerprint density at radius 2 is 2.09 bits per heavy atom. The third kappa shape index (κ3) is 5.28. The van der Waals surface area contributed by atoms with Gasteiger partial charge in [-0.05, 0) is 37.9 Å². The highest BCUT2D eigenvalue weighted by Gasteiger charge is 2.25. The van der Waals surface area contributed by atoms with E-state index in [-0.39, 0.29) is 24.4 Å². The number of halogens is 3. The average molecular weight is 367 g/mol. The molecule has 1 saturated heterocycles. The van der Waals surface area contributed by atoms with E-state index >= 15 is 0 Å². The number of para-hydroxylation sites is 1. The first-order chi connectivity index (χ1) is 9.97. The zero-order chi connectivity index (χ0) is 15.4. The Balaban J connectivity index is 0.00000242. The minimum absolute atomic E-state index is 0. The van der Waals surface area contributed by atoms with Crippen molar-refractivity contribution in [2.45, 2.75) is 25.8 Å². The second-order valence-corrected chi connectivity index (χ2v) is 6.42. The predicted molar refractivity (Wildman–Crippen MR) is 95.2 cm³/mol. The fourth-order valence-corrected chi connectivity index (χ4v) is 3.07. The van der Waals surface area contributed by atoms with E-state index < -0.39 is 0 Å². The van der Waals surface area contributed by atoms with Crippen molar-refractivity contribution in [3.05, 3.63) is 28.2 Å². The summed E-state index contributed by atoms with van der Waals surface area (Å²) in [4.78, 5) is 14.3. The molecule has 1 amide bonds. The van der Waals surface area contributed by atoms with Gasteiger partial charge in [-0.1, -0.05) is 29.3 Å². The highest BCUT2D eigenvalue weighted by atomic mass is 35.5. The van der Waals surface area contributed by atoms with Crippen LogP contribution >= 0.6 is 35.6 Å². The van der Waals surface area contributed by atoms with Crippen LogP contribution in [0.25, 0.3) is 0 Å². The van der Waals surface area contributed by atoms with Crippen LogP contribution in [0.2, 0.25) is 10.0 Å². The topological polar surface area (TPSA) is 58.4 Å². The van der Waals surface area contributed by atoms with E-state index in [1.54, 1.807) is 18.2 Å². The molecule has 2 unspecified atom stereocenters. The minimum Gasteiger partial charge on any atom is -0.328 e. The van der Waals surface area contributed by atoms with E-state index in [1.165, 1.54) is 0 Å². The molecule has 124 valence electrons. The summed E-state index contributed by atoms with van der Waals surface area (Å²) in [6.07, 6.45) is 1.53. The van der Waals surface area contributed by atoms with Crippen LogP contribution in [0.4, 0.5) is 5.69 Å². The van der Waals surface area contributed by atoms with Crippen LogP contribution in [0.3, 0.4) is 0 Å². The number of amides is 1. The lowest BCUT2D eigenvalue weighted by molar-refractivity contribution is -0.116. The molecule has 2 rings (SSSR count). The van der Waals surface area contributed by atoms with E-state index in [2.05, 4.69) is 10.2 Å². The first kappa shape index (κ1) is 19.5. The smallest absolute Gasteiger partial charge is 0.225 e. The number of nitrogens with zero attached hydrogens (tertiary/aromatic N) is 1. The first-order valence-electron chi connectivity index (χ1n) is 7.19. The Morgan fingerprint density at radius 3 is 2.64 bits per heavy atom.